The first-order valence-corrected chi connectivity index (χ1v) is 5.58. The number of nitrogen functional groups attached to an aromatic ring is 1. The molecule has 0 atom stereocenters. The van der Waals surface area contributed by atoms with Gasteiger partial charge in [-0.05, 0) is 41.8 Å². The number of nitrogens with zero attached hydrogens (tertiary/aromatic N) is 1. The molecule has 17 heavy (non-hydrogen) atoms. The number of benzene rings is 2. The molecule has 3 nitrogen and oxygen atoms in total. The average molecular weight is 223 g/mol. The van der Waals surface area contributed by atoms with Crippen LogP contribution in [-0.4, -0.2) is 9.97 Å². The Morgan fingerprint density at radius 2 is 1.94 bits per heavy atom. The Kier molecular flexibility index (Phi) is 2.29. The Balaban J connectivity index is 1.94. The summed E-state index contributed by atoms with van der Waals surface area (Å²) in [5.74, 6) is 0. The fraction of sp³-hybridized carbons (Fsp3) is 0.0714. The van der Waals surface area contributed by atoms with Crippen LogP contribution in [0.3, 0.4) is 0 Å². The van der Waals surface area contributed by atoms with E-state index in [1.165, 1.54) is 11.1 Å². The van der Waals surface area contributed by atoms with E-state index in [0.29, 0.717) is 0 Å². The van der Waals surface area contributed by atoms with Gasteiger partial charge in [0.25, 0.3) is 0 Å². The number of fused-ring (bicyclic) bond motifs is 1. The van der Waals surface area contributed by atoms with E-state index in [9.17, 15) is 0 Å². The Morgan fingerprint density at radius 1 is 1.06 bits per heavy atom. The predicted octanol–water partition coefficient (Wildman–Crippen LogP) is 2.74. The van der Waals surface area contributed by atoms with Crippen LogP contribution in [0.25, 0.3) is 11.0 Å². The van der Waals surface area contributed by atoms with E-state index in [2.05, 4.69) is 28.2 Å². The quantitative estimate of drug-likeness (QED) is 0.656. The van der Waals surface area contributed by atoms with Crippen LogP contribution in [0.2, 0.25) is 0 Å². The highest BCUT2D eigenvalue weighted by Gasteiger charge is 2.00. The van der Waals surface area contributed by atoms with Crippen molar-refractivity contribution >= 4 is 16.7 Å². The molecule has 0 aliphatic rings. The highest BCUT2D eigenvalue weighted by molar-refractivity contribution is 5.75. The molecule has 84 valence electrons. The van der Waals surface area contributed by atoms with Crippen LogP contribution in [0.5, 0.6) is 0 Å². The maximum absolute atomic E-state index is 5.77. The third-order valence-electron chi connectivity index (χ3n) is 2.84. The van der Waals surface area contributed by atoms with Crippen molar-refractivity contribution in [3.05, 3.63) is 59.9 Å². The van der Waals surface area contributed by atoms with Gasteiger partial charge in [0.05, 0.1) is 17.4 Å². The summed E-state index contributed by atoms with van der Waals surface area (Å²) in [5, 5.41) is 0. The molecular formula is C14H13N3. The van der Waals surface area contributed by atoms with E-state index in [0.717, 1.165) is 23.1 Å². The van der Waals surface area contributed by atoms with E-state index in [1.807, 2.05) is 24.3 Å². The van der Waals surface area contributed by atoms with E-state index in [1.54, 1.807) is 6.33 Å². The summed E-state index contributed by atoms with van der Waals surface area (Å²) in [7, 11) is 0. The molecule has 1 aromatic heterocycles. The predicted molar refractivity (Wildman–Crippen MR) is 69.8 cm³/mol. The van der Waals surface area contributed by atoms with Crippen molar-refractivity contribution < 1.29 is 0 Å². The number of aromatic nitrogens is 2. The molecular weight excluding hydrogens is 210 g/mol. The van der Waals surface area contributed by atoms with Crippen LogP contribution in [0.4, 0.5) is 5.69 Å². The summed E-state index contributed by atoms with van der Waals surface area (Å²) in [4.78, 5) is 7.33. The zero-order valence-corrected chi connectivity index (χ0v) is 9.35. The fourth-order valence-electron chi connectivity index (χ4n) is 2.03. The Labute approximate surface area is 99.3 Å². The van der Waals surface area contributed by atoms with Crippen LogP contribution in [-0.2, 0) is 6.42 Å². The van der Waals surface area contributed by atoms with Crippen molar-refractivity contribution in [2.75, 3.05) is 5.73 Å². The molecule has 3 N–H and O–H groups in total. The molecule has 0 saturated heterocycles. The van der Waals surface area contributed by atoms with Crippen LogP contribution in [0, 0.1) is 0 Å². The van der Waals surface area contributed by atoms with E-state index < -0.39 is 0 Å². The molecule has 0 saturated carbocycles. The van der Waals surface area contributed by atoms with E-state index in [-0.39, 0.29) is 0 Å². The summed E-state index contributed by atoms with van der Waals surface area (Å²) in [6, 6.07) is 14.3. The summed E-state index contributed by atoms with van der Waals surface area (Å²) < 4.78 is 0. The monoisotopic (exact) mass is 223 g/mol. The molecule has 0 aliphatic heterocycles. The van der Waals surface area contributed by atoms with Gasteiger partial charge in [-0.2, -0.15) is 0 Å². The van der Waals surface area contributed by atoms with Crippen molar-refractivity contribution in [3.63, 3.8) is 0 Å². The molecule has 3 rings (SSSR count). The third kappa shape index (κ3) is 1.99. The number of hydrogen-bond donors (Lipinski definition) is 2. The minimum absolute atomic E-state index is 0.810. The van der Waals surface area contributed by atoms with Crippen LogP contribution >= 0.6 is 0 Å². The number of rotatable bonds is 2. The lowest BCUT2D eigenvalue weighted by molar-refractivity contribution is 1.20. The molecule has 3 aromatic rings. The van der Waals surface area contributed by atoms with Gasteiger partial charge in [0.1, 0.15) is 0 Å². The molecule has 0 spiro atoms. The van der Waals surface area contributed by atoms with Gasteiger partial charge in [-0.1, -0.05) is 18.2 Å². The maximum atomic E-state index is 5.77. The van der Waals surface area contributed by atoms with Crippen molar-refractivity contribution in [1.82, 2.24) is 9.97 Å². The van der Waals surface area contributed by atoms with Crippen LogP contribution in [0.15, 0.2) is 48.8 Å². The normalized spacial score (nSPS) is 10.8. The third-order valence-corrected chi connectivity index (χ3v) is 2.84. The van der Waals surface area contributed by atoms with E-state index >= 15 is 0 Å². The molecule has 0 aliphatic carbocycles. The summed E-state index contributed by atoms with van der Waals surface area (Å²) in [6.45, 7) is 0. The van der Waals surface area contributed by atoms with Gasteiger partial charge in [0.2, 0.25) is 0 Å². The Bertz CT molecular complexity index is 655. The maximum Gasteiger partial charge on any atom is 0.0931 e. The summed E-state index contributed by atoms with van der Waals surface area (Å²) >= 11 is 0. The number of nitrogens with one attached hydrogen (secondary N) is 1. The minimum Gasteiger partial charge on any atom is -0.399 e. The number of H-pyrrole nitrogens is 1. The lowest BCUT2D eigenvalue weighted by Gasteiger charge is -2.03. The largest absolute Gasteiger partial charge is 0.399 e. The first-order chi connectivity index (χ1) is 8.31. The standard InChI is InChI=1S/C14H13N3/c15-12-3-1-2-10(7-12)6-11-4-5-13-14(8-11)17-9-16-13/h1-5,7-9H,6,15H2,(H,16,17). The molecule has 2 aromatic carbocycles. The topological polar surface area (TPSA) is 54.7 Å². The van der Waals surface area contributed by atoms with Gasteiger partial charge in [0, 0.05) is 5.69 Å². The zero-order chi connectivity index (χ0) is 11.7. The molecule has 0 bridgehead atoms. The lowest BCUT2D eigenvalue weighted by atomic mass is 10.0. The SMILES string of the molecule is Nc1cccc(Cc2ccc3nc[nH]c3c2)c1. The number of anilines is 1. The van der Waals surface area contributed by atoms with Crippen molar-refractivity contribution in [1.29, 1.82) is 0 Å². The van der Waals surface area contributed by atoms with Gasteiger partial charge in [-0.25, -0.2) is 4.98 Å². The smallest absolute Gasteiger partial charge is 0.0931 e. The van der Waals surface area contributed by atoms with Gasteiger partial charge >= 0.3 is 0 Å². The van der Waals surface area contributed by atoms with Gasteiger partial charge < -0.3 is 10.7 Å². The molecule has 0 fully saturated rings. The Hall–Kier alpha value is -2.29. The number of imidazole rings is 1. The number of aromatic amines is 1. The average Bonchev–Trinajstić information content (AvgIpc) is 2.76. The summed E-state index contributed by atoms with van der Waals surface area (Å²) in [6.07, 6.45) is 2.61. The lowest BCUT2D eigenvalue weighted by Crippen LogP contribution is -1.91. The molecule has 0 unspecified atom stereocenters. The second-order valence-corrected chi connectivity index (χ2v) is 4.18. The molecule has 0 amide bonds. The van der Waals surface area contributed by atoms with Crippen molar-refractivity contribution in [2.45, 2.75) is 6.42 Å². The van der Waals surface area contributed by atoms with Crippen molar-refractivity contribution in [2.24, 2.45) is 0 Å². The highest BCUT2D eigenvalue weighted by Crippen LogP contribution is 2.16. The van der Waals surface area contributed by atoms with E-state index in [4.69, 9.17) is 5.73 Å². The molecule has 1 heterocycles. The minimum atomic E-state index is 0.810. The first-order valence-electron chi connectivity index (χ1n) is 5.58. The van der Waals surface area contributed by atoms with Crippen molar-refractivity contribution in [3.8, 4) is 0 Å². The second-order valence-electron chi connectivity index (χ2n) is 4.18. The fourth-order valence-corrected chi connectivity index (χ4v) is 2.03. The van der Waals surface area contributed by atoms with Gasteiger partial charge in [-0.15, -0.1) is 0 Å². The first kappa shape index (κ1) is 9.90. The molecule has 0 radical (unpaired) electrons. The van der Waals surface area contributed by atoms with Gasteiger partial charge in [0.15, 0.2) is 0 Å². The van der Waals surface area contributed by atoms with Crippen LogP contribution in [0.1, 0.15) is 11.1 Å². The Morgan fingerprint density at radius 3 is 2.82 bits per heavy atom. The van der Waals surface area contributed by atoms with Gasteiger partial charge in [-0.3, -0.25) is 0 Å². The second kappa shape index (κ2) is 3.94. The zero-order valence-electron chi connectivity index (χ0n) is 9.35. The van der Waals surface area contributed by atoms with Crippen LogP contribution < -0.4 is 5.73 Å². The number of hydrogen-bond acceptors (Lipinski definition) is 2. The highest BCUT2D eigenvalue weighted by atomic mass is 14.9. The molecule has 3 heteroatoms. The summed E-state index contributed by atoms with van der Waals surface area (Å²) in [5.41, 5.74) is 11.1. The number of nitrogens with two attached hydrogens (primary N) is 1.